The lowest BCUT2D eigenvalue weighted by Crippen LogP contribution is -2.21. The number of rotatable bonds is 5. The molecule has 0 bridgehead atoms. The van der Waals surface area contributed by atoms with Crippen LogP contribution in [0.5, 0.6) is 11.5 Å². The average Bonchev–Trinajstić information content (AvgIpc) is 2.64. The van der Waals surface area contributed by atoms with E-state index in [0.717, 1.165) is 18.4 Å². The second-order valence-electron chi connectivity index (χ2n) is 5.56. The first-order chi connectivity index (χ1) is 14.7. The topological polar surface area (TPSA) is 118 Å². The standard InChI is InChI=1S/C16H7Cl7O9/c17-12(25)7-3-28-8-2-10(32-14(27)30-5-16(21,22)23)9(1-6(8)11(7)24)31-13(26)29-4-15(18,19)20/h1-3H,4-5H2. The molecule has 0 aliphatic rings. The van der Waals surface area contributed by atoms with Crippen LogP contribution in [0.1, 0.15) is 10.4 Å². The van der Waals surface area contributed by atoms with Gasteiger partial charge in [0.2, 0.25) is 13.0 Å². The van der Waals surface area contributed by atoms with Crippen LogP contribution in [0.3, 0.4) is 0 Å². The SMILES string of the molecule is O=C(OCC(Cl)(Cl)Cl)Oc1cc2occ(C(=O)Cl)c(=O)c2cc1OC(=O)OCC(Cl)(Cl)Cl. The van der Waals surface area contributed by atoms with Crippen molar-refractivity contribution in [3.05, 3.63) is 34.2 Å². The molecule has 2 rings (SSSR count). The summed E-state index contributed by atoms with van der Waals surface area (Å²) in [4.78, 5) is 47.6. The van der Waals surface area contributed by atoms with Crippen LogP contribution in [-0.2, 0) is 9.47 Å². The Morgan fingerprint density at radius 1 is 0.844 bits per heavy atom. The molecule has 0 aliphatic heterocycles. The largest absolute Gasteiger partial charge is 0.514 e. The molecule has 0 atom stereocenters. The first kappa shape index (κ1) is 26.9. The molecule has 9 nitrogen and oxygen atoms in total. The van der Waals surface area contributed by atoms with Crippen LogP contribution in [-0.4, -0.2) is 38.4 Å². The minimum atomic E-state index is -1.95. The lowest BCUT2D eigenvalue weighted by molar-refractivity contribution is 0.0910. The van der Waals surface area contributed by atoms with E-state index in [-0.39, 0.29) is 11.0 Å². The summed E-state index contributed by atoms with van der Waals surface area (Å²) in [5.74, 6) is -1.02. The van der Waals surface area contributed by atoms with Gasteiger partial charge < -0.3 is 23.4 Å². The molecular weight excluding hydrogens is 584 g/mol. The van der Waals surface area contributed by atoms with Crippen molar-refractivity contribution in [2.24, 2.45) is 0 Å². The van der Waals surface area contributed by atoms with Gasteiger partial charge in [0, 0.05) is 6.07 Å². The molecule has 1 heterocycles. The molecule has 0 saturated heterocycles. The molecular formula is C16H7Cl7O9. The zero-order valence-electron chi connectivity index (χ0n) is 15.0. The Balaban J connectivity index is 2.43. The molecule has 0 saturated carbocycles. The van der Waals surface area contributed by atoms with Gasteiger partial charge in [0.05, 0.1) is 5.39 Å². The number of carbonyl (C=O) groups excluding carboxylic acids is 3. The van der Waals surface area contributed by atoms with Gasteiger partial charge in [-0.25, -0.2) is 9.59 Å². The smallest absolute Gasteiger partial charge is 0.463 e. The minimum Gasteiger partial charge on any atom is -0.463 e. The molecule has 32 heavy (non-hydrogen) atoms. The van der Waals surface area contributed by atoms with E-state index in [0.29, 0.717) is 0 Å². The van der Waals surface area contributed by atoms with E-state index in [1.54, 1.807) is 0 Å². The van der Waals surface area contributed by atoms with E-state index in [1.165, 1.54) is 0 Å². The molecule has 16 heteroatoms. The van der Waals surface area contributed by atoms with Gasteiger partial charge in [0.15, 0.2) is 11.5 Å². The molecule has 2 aromatic rings. The van der Waals surface area contributed by atoms with Crippen molar-refractivity contribution >= 4 is 110 Å². The van der Waals surface area contributed by atoms with Crippen LogP contribution < -0.4 is 14.9 Å². The third kappa shape index (κ3) is 8.22. The van der Waals surface area contributed by atoms with Gasteiger partial charge in [0.1, 0.15) is 30.6 Å². The average molecular weight is 591 g/mol. The highest BCUT2D eigenvalue weighted by atomic mass is 35.6. The Morgan fingerprint density at radius 2 is 1.31 bits per heavy atom. The van der Waals surface area contributed by atoms with Crippen molar-refractivity contribution in [3.63, 3.8) is 0 Å². The Hall–Kier alpha value is -1.33. The number of hydrogen-bond donors (Lipinski definition) is 0. The monoisotopic (exact) mass is 588 g/mol. The highest BCUT2D eigenvalue weighted by Crippen LogP contribution is 2.34. The van der Waals surface area contributed by atoms with E-state index >= 15 is 0 Å². The lowest BCUT2D eigenvalue weighted by atomic mass is 10.1. The summed E-state index contributed by atoms with van der Waals surface area (Å²) in [5.41, 5.74) is -1.54. The normalized spacial score (nSPS) is 11.7. The summed E-state index contributed by atoms with van der Waals surface area (Å²) in [7, 11) is 0. The molecule has 0 radical (unpaired) electrons. The molecule has 0 spiro atoms. The molecule has 0 fully saturated rings. The van der Waals surface area contributed by atoms with Crippen molar-refractivity contribution in [3.8, 4) is 11.5 Å². The highest BCUT2D eigenvalue weighted by Gasteiger charge is 2.26. The summed E-state index contributed by atoms with van der Waals surface area (Å²) in [5, 5.41) is -1.36. The molecule has 0 N–H and O–H groups in total. The van der Waals surface area contributed by atoms with Crippen molar-refractivity contribution in [2.45, 2.75) is 7.59 Å². The van der Waals surface area contributed by atoms with Gasteiger partial charge in [-0.2, -0.15) is 0 Å². The summed E-state index contributed by atoms with van der Waals surface area (Å²) in [6.45, 7) is -1.37. The molecule has 1 aromatic heterocycles. The van der Waals surface area contributed by atoms with E-state index in [9.17, 15) is 19.2 Å². The number of carbonyl (C=O) groups is 3. The Bertz CT molecular complexity index is 1100. The van der Waals surface area contributed by atoms with Crippen molar-refractivity contribution in [1.82, 2.24) is 0 Å². The summed E-state index contributed by atoms with van der Waals surface area (Å²) < 4.78 is 20.3. The van der Waals surface area contributed by atoms with Crippen molar-refractivity contribution < 1.29 is 37.7 Å². The van der Waals surface area contributed by atoms with Crippen LogP contribution >= 0.6 is 81.2 Å². The Kier molecular flexibility index (Phi) is 9.03. The number of ether oxygens (including phenoxy) is 4. The zero-order valence-corrected chi connectivity index (χ0v) is 20.3. The highest BCUT2D eigenvalue weighted by molar-refractivity contribution is 6.68. The van der Waals surface area contributed by atoms with Crippen LogP contribution in [0.15, 0.2) is 27.6 Å². The number of halogens is 7. The van der Waals surface area contributed by atoms with Crippen molar-refractivity contribution in [1.29, 1.82) is 0 Å². The van der Waals surface area contributed by atoms with E-state index in [4.69, 9.17) is 95.1 Å². The molecule has 0 aliphatic carbocycles. The molecule has 0 amide bonds. The van der Waals surface area contributed by atoms with Gasteiger partial charge in [0.25, 0.3) is 5.24 Å². The summed E-state index contributed by atoms with van der Waals surface area (Å²) in [6, 6.07) is 1.89. The molecule has 1 aromatic carbocycles. The second kappa shape index (κ2) is 10.7. The number of alkyl halides is 6. The number of fused-ring (bicyclic) bond motifs is 1. The Morgan fingerprint density at radius 3 is 1.75 bits per heavy atom. The van der Waals surface area contributed by atoms with Gasteiger partial charge >= 0.3 is 12.3 Å². The summed E-state index contributed by atoms with van der Waals surface area (Å²) >= 11 is 38.2. The first-order valence-electron chi connectivity index (χ1n) is 7.78. The molecule has 0 unspecified atom stereocenters. The second-order valence-corrected chi connectivity index (χ2v) is 10.9. The maximum absolute atomic E-state index is 12.4. The minimum absolute atomic E-state index is 0.178. The fourth-order valence-electron chi connectivity index (χ4n) is 1.95. The van der Waals surface area contributed by atoms with Gasteiger partial charge in [-0.3, -0.25) is 9.59 Å². The van der Waals surface area contributed by atoms with Gasteiger partial charge in [-0.15, -0.1) is 0 Å². The quantitative estimate of drug-likeness (QED) is 0.180. The van der Waals surface area contributed by atoms with Crippen LogP contribution in [0, 0.1) is 0 Å². The third-order valence-electron chi connectivity index (χ3n) is 3.14. The first-order valence-corrected chi connectivity index (χ1v) is 10.4. The maximum Gasteiger partial charge on any atom is 0.514 e. The molecule has 174 valence electrons. The maximum atomic E-state index is 12.4. The number of benzene rings is 1. The predicted octanol–water partition coefficient (Wildman–Crippen LogP) is 5.94. The van der Waals surface area contributed by atoms with E-state index in [1.807, 2.05) is 0 Å². The lowest BCUT2D eigenvalue weighted by Gasteiger charge is -2.14. The Labute approximate surface area is 213 Å². The third-order valence-corrected chi connectivity index (χ3v) is 4.00. The summed E-state index contributed by atoms with van der Waals surface area (Å²) in [6.07, 6.45) is -1.98. The fourth-order valence-corrected chi connectivity index (χ4v) is 2.41. The van der Waals surface area contributed by atoms with Gasteiger partial charge in [-0.1, -0.05) is 69.6 Å². The van der Waals surface area contributed by atoms with Gasteiger partial charge in [-0.05, 0) is 17.7 Å². The van der Waals surface area contributed by atoms with E-state index in [2.05, 4.69) is 9.47 Å². The predicted molar refractivity (Wildman–Crippen MR) is 117 cm³/mol. The van der Waals surface area contributed by atoms with Crippen LogP contribution in [0.25, 0.3) is 11.0 Å². The number of hydrogen-bond acceptors (Lipinski definition) is 9. The van der Waals surface area contributed by atoms with E-state index < -0.39 is 60.8 Å². The zero-order chi connectivity index (χ0) is 24.3. The van der Waals surface area contributed by atoms with Crippen LogP contribution in [0.2, 0.25) is 0 Å². The fraction of sp³-hybridized carbons (Fsp3) is 0.250. The van der Waals surface area contributed by atoms with Crippen LogP contribution in [0.4, 0.5) is 9.59 Å². The van der Waals surface area contributed by atoms with Crippen molar-refractivity contribution in [2.75, 3.05) is 13.2 Å².